The van der Waals surface area contributed by atoms with Crippen molar-refractivity contribution in [3.8, 4) is 6.07 Å². The van der Waals surface area contributed by atoms with E-state index in [0.29, 0.717) is 23.3 Å². The SMILES string of the molecule is CC1(C)CC(=O)C2=C(C1)N(c1ccccc1C(F)(F)F)C(N)=C(C#N)C2c1ccc(Br)cc1. The average molecular weight is 516 g/mol. The molecular weight excluding hydrogens is 495 g/mol. The fourth-order valence-electron chi connectivity index (χ4n) is 4.68. The first kappa shape index (κ1) is 23.1. The maximum absolute atomic E-state index is 13.9. The van der Waals surface area contributed by atoms with Crippen LogP contribution < -0.4 is 10.6 Å². The van der Waals surface area contributed by atoms with Gasteiger partial charge in [-0.1, -0.05) is 54.0 Å². The number of allylic oxidation sites excluding steroid dienone is 3. The summed E-state index contributed by atoms with van der Waals surface area (Å²) in [6, 6.07) is 14.3. The van der Waals surface area contributed by atoms with Gasteiger partial charge in [0.05, 0.1) is 28.8 Å². The molecule has 0 radical (unpaired) electrons. The number of hydrogen-bond donors (Lipinski definition) is 1. The topological polar surface area (TPSA) is 70.1 Å². The smallest absolute Gasteiger partial charge is 0.384 e. The highest BCUT2D eigenvalue weighted by atomic mass is 79.9. The van der Waals surface area contributed by atoms with Crippen molar-refractivity contribution in [3.63, 3.8) is 0 Å². The molecule has 4 rings (SSSR count). The average Bonchev–Trinajstić information content (AvgIpc) is 2.72. The van der Waals surface area contributed by atoms with Gasteiger partial charge in [0.25, 0.3) is 0 Å². The zero-order chi connectivity index (χ0) is 24.1. The van der Waals surface area contributed by atoms with Crippen molar-refractivity contribution in [2.75, 3.05) is 4.90 Å². The van der Waals surface area contributed by atoms with Crippen molar-refractivity contribution < 1.29 is 18.0 Å². The minimum atomic E-state index is -4.64. The van der Waals surface area contributed by atoms with Crippen molar-refractivity contribution in [2.24, 2.45) is 11.1 Å². The number of rotatable bonds is 2. The molecule has 2 aliphatic rings. The van der Waals surface area contributed by atoms with E-state index in [2.05, 4.69) is 22.0 Å². The molecule has 0 saturated heterocycles. The fraction of sp³-hybridized carbons (Fsp3) is 0.280. The van der Waals surface area contributed by atoms with Crippen LogP contribution in [0, 0.1) is 16.7 Å². The molecule has 8 heteroatoms. The van der Waals surface area contributed by atoms with E-state index < -0.39 is 23.1 Å². The van der Waals surface area contributed by atoms with Crippen molar-refractivity contribution in [1.29, 1.82) is 5.26 Å². The first-order valence-electron chi connectivity index (χ1n) is 10.3. The third kappa shape index (κ3) is 4.06. The Labute approximate surface area is 198 Å². The molecule has 170 valence electrons. The van der Waals surface area contributed by atoms with Gasteiger partial charge in [-0.15, -0.1) is 0 Å². The molecule has 1 aliphatic carbocycles. The molecule has 1 heterocycles. The van der Waals surface area contributed by atoms with E-state index in [1.807, 2.05) is 13.8 Å². The normalized spacial score (nSPS) is 20.6. The van der Waals surface area contributed by atoms with Gasteiger partial charge in [-0.25, -0.2) is 0 Å². The Morgan fingerprint density at radius 2 is 1.76 bits per heavy atom. The molecule has 0 aromatic heterocycles. The minimum absolute atomic E-state index is 0.0566. The summed E-state index contributed by atoms with van der Waals surface area (Å²) in [4.78, 5) is 14.7. The Hall–Kier alpha value is -3.05. The Balaban J connectivity index is 2.04. The molecule has 2 aromatic rings. The maximum atomic E-state index is 13.9. The van der Waals surface area contributed by atoms with Gasteiger partial charge in [-0.05, 0) is 41.7 Å². The van der Waals surface area contributed by atoms with Crippen LogP contribution in [0.15, 0.2) is 75.7 Å². The zero-order valence-corrected chi connectivity index (χ0v) is 19.6. The highest BCUT2D eigenvalue weighted by molar-refractivity contribution is 9.10. The van der Waals surface area contributed by atoms with Gasteiger partial charge >= 0.3 is 6.18 Å². The summed E-state index contributed by atoms with van der Waals surface area (Å²) in [5.74, 6) is -1.02. The second-order valence-electron chi connectivity index (χ2n) is 9.05. The van der Waals surface area contributed by atoms with Crippen LogP contribution in [0.2, 0.25) is 0 Å². The number of anilines is 1. The Bertz CT molecular complexity index is 1240. The van der Waals surface area contributed by atoms with Crippen LogP contribution in [0.4, 0.5) is 18.9 Å². The molecule has 0 saturated carbocycles. The van der Waals surface area contributed by atoms with Crippen LogP contribution >= 0.6 is 15.9 Å². The van der Waals surface area contributed by atoms with Crippen molar-refractivity contribution in [3.05, 3.63) is 86.8 Å². The quantitative estimate of drug-likeness (QED) is 0.501. The van der Waals surface area contributed by atoms with Crippen molar-refractivity contribution >= 4 is 27.4 Å². The second-order valence-corrected chi connectivity index (χ2v) is 9.96. The van der Waals surface area contributed by atoms with Gasteiger partial charge in [0.1, 0.15) is 5.82 Å². The van der Waals surface area contributed by atoms with E-state index in [-0.39, 0.29) is 29.3 Å². The summed E-state index contributed by atoms with van der Waals surface area (Å²) in [7, 11) is 0. The van der Waals surface area contributed by atoms with E-state index >= 15 is 0 Å². The number of nitrogens with zero attached hydrogens (tertiary/aromatic N) is 2. The highest BCUT2D eigenvalue weighted by Crippen LogP contribution is 2.51. The van der Waals surface area contributed by atoms with E-state index in [0.717, 1.165) is 10.5 Å². The molecule has 1 atom stereocenters. The van der Waals surface area contributed by atoms with Crippen LogP contribution in [0.5, 0.6) is 0 Å². The lowest BCUT2D eigenvalue weighted by molar-refractivity contribution is -0.137. The first-order valence-corrected chi connectivity index (χ1v) is 11.1. The predicted octanol–water partition coefficient (Wildman–Crippen LogP) is 6.41. The molecule has 2 aromatic carbocycles. The molecule has 0 amide bonds. The largest absolute Gasteiger partial charge is 0.418 e. The number of alkyl halides is 3. The van der Waals surface area contributed by atoms with Crippen LogP contribution in [0.25, 0.3) is 0 Å². The predicted molar refractivity (Wildman–Crippen MR) is 123 cm³/mol. The minimum Gasteiger partial charge on any atom is -0.384 e. The molecule has 4 nitrogen and oxygen atoms in total. The van der Waals surface area contributed by atoms with E-state index in [9.17, 15) is 23.2 Å². The van der Waals surface area contributed by atoms with Gasteiger partial charge in [-0.3, -0.25) is 9.69 Å². The lowest BCUT2D eigenvalue weighted by Crippen LogP contribution is -2.42. The van der Waals surface area contributed by atoms with E-state index in [1.165, 1.54) is 23.1 Å². The Morgan fingerprint density at radius 1 is 1.12 bits per heavy atom. The van der Waals surface area contributed by atoms with E-state index in [1.54, 1.807) is 24.3 Å². The number of para-hydroxylation sites is 1. The first-order chi connectivity index (χ1) is 15.4. The summed E-state index contributed by atoms with van der Waals surface area (Å²) in [5, 5.41) is 10.0. The number of carbonyl (C=O) groups is 1. The van der Waals surface area contributed by atoms with Crippen molar-refractivity contribution in [1.82, 2.24) is 0 Å². The standard InChI is InChI=1S/C25H21BrF3N3O/c1-24(2)11-19-22(20(33)12-24)21(14-7-9-15(26)10-8-14)16(13-30)23(31)32(19)18-6-4-3-5-17(18)25(27,28)29/h3-10,21H,11-12,31H2,1-2H3. The van der Waals surface area contributed by atoms with Crippen LogP contribution in [0.1, 0.15) is 43.7 Å². The number of halogens is 4. The van der Waals surface area contributed by atoms with Gasteiger partial charge in [0, 0.05) is 22.2 Å². The number of hydrogen-bond acceptors (Lipinski definition) is 4. The van der Waals surface area contributed by atoms with Gasteiger partial charge < -0.3 is 5.73 Å². The number of ketones is 1. The number of Topliss-reactive ketones (excluding diaryl/α,β-unsaturated/α-hetero) is 1. The van der Waals surface area contributed by atoms with Gasteiger partial charge in [-0.2, -0.15) is 18.4 Å². The number of nitrogens with two attached hydrogens (primary N) is 1. The number of carbonyl (C=O) groups excluding carboxylic acids is 1. The summed E-state index contributed by atoms with van der Waals surface area (Å²) >= 11 is 3.38. The van der Waals surface area contributed by atoms with Crippen LogP contribution in [-0.2, 0) is 11.0 Å². The van der Waals surface area contributed by atoms with Crippen LogP contribution in [-0.4, -0.2) is 5.78 Å². The lowest BCUT2D eigenvalue weighted by atomic mass is 9.68. The fourth-order valence-corrected chi connectivity index (χ4v) is 4.95. The molecule has 33 heavy (non-hydrogen) atoms. The molecule has 1 unspecified atom stereocenters. The monoisotopic (exact) mass is 515 g/mol. The lowest BCUT2D eigenvalue weighted by Gasteiger charge is -2.44. The molecule has 0 fully saturated rings. The van der Waals surface area contributed by atoms with Gasteiger partial charge in [0.15, 0.2) is 5.78 Å². The molecule has 0 spiro atoms. The Kier molecular flexibility index (Phi) is 5.65. The van der Waals surface area contributed by atoms with Crippen LogP contribution in [0.3, 0.4) is 0 Å². The summed E-state index contributed by atoms with van der Waals surface area (Å²) < 4.78 is 42.5. The Morgan fingerprint density at radius 3 is 2.36 bits per heavy atom. The second kappa shape index (κ2) is 8.07. The molecule has 2 N–H and O–H groups in total. The molecule has 0 bridgehead atoms. The summed E-state index contributed by atoms with van der Waals surface area (Å²) in [5.41, 5.74) is 6.38. The van der Waals surface area contributed by atoms with Gasteiger partial charge in [0.2, 0.25) is 0 Å². The number of benzene rings is 2. The highest BCUT2D eigenvalue weighted by Gasteiger charge is 2.46. The maximum Gasteiger partial charge on any atom is 0.418 e. The summed E-state index contributed by atoms with van der Waals surface area (Å²) in [6.45, 7) is 3.80. The van der Waals surface area contributed by atoms with E-state index in [4.69, 9.17) is 5.73 Å². The third-order valence-electron chi connectivity index (χ3n) is 6.03. The molecule has 1 aliphatic heterocycles. The summed E-state index contributed by atoms with van der Waals surface area (Å²) in [6.07, 6.45) is -4.07. The molecular formula is C25H21BrF3N3O. The van der Waals surface area contributed by atoms with Crippen molar-refractivity contribution in [2.45, 2.75) is 38.8 Å². The number of nitriles is 1. The third-order valence-corrected chi connectivity index (χ3v) is 6.56. The zero-order valence-electron chi connectivity index (χ0n) is 18.0.